The molecule has 1 saturated heterocycles. The maximum absolute atomic E-state index is 11.9. The van der Waals surface area contributed by atoms with Crippen molar-refractivity contribution < 1.29 is 4.42 Å². The van der Waals surface area contributed by atoms with Gasteiger partial charge in [0, 0.05) is 11.1 Å². The molecule has 1 aliphatic heterocycles. The van der Waals surface area contributed by atoms with Crippen LogP contribution in [0.5, 0.6) is 0 Å². The number of rotatable bonds is 2. The van der Waals surface area contributed by atoms with Crippen molar-refractivity contribution in [2.24, 2.45) is 0 Å². The lowest BCUT2D eigenvalue weighted by molar-refractivity contribution is 0.459. The molecule has 0 saturated carbocycles. The van der Waals surface area contributed by atoms with Gasteiger partial charge in [0.2, 0.25) is 0 Å². The molecule has 0 unspecified atom stereocenters. The molecular weight excluding hydrogens is 236 g/mol. The van der Waals surface area contributed by atoms with Crippen LogP contribution in [0.1, 0.15) is 24.3 Å². The van der Waals surface area contributed by atoms with E-state index in [1.54, 1.807) is 12.5 Å². The Morgan fingerprint density at radius 2 is 2.18 bits per heavy atom. The Bertz CT molecular complexity index is 535. The Labute approximate surface area is 103 Å². The Hall–Kier alpha value is -1.33. The van der Waals surface area contributed by atoms with Gasteiger partial charge in [-0.3, -0.25) is 9.17 Å². The minimum Gasteiger partial charge on any atom is -0.472 e. The molecule has 1 fully saturated rings. The summed E-state index contributed by atoms with van der Waals surface area (Å²) >= 11 is 1.41. The van der Waals surface area contributed by atoms with Crippen molar-refractivity contribution in [2.75, 3.05) is 13.1 Å². The van der Waals surface area contributed by atoms with Gasteiger partial charge in [0.25, 0.3) is 5.56 Å². The average Bonchev–Trinajstić information content (AvgIpc) is 2.98. The zero-order valence-electron chi connectivity index (χ0n) is 9.36. The number of H-pyrrole nitrogens is 1. The van der Waals surface area contributed by atoms with Gasteiger partial charge in [-0.25, -0.2) is 0 Å². The highest BCUT2D eigenvalue weighted by atomic mass is 32.1. The zero-order chi connectivity index (χ0) is 11.7. The molecule has 0 aromatic carbocycles. The number of furan rings is 1. The van der Waals surface area contributed by atoms with Gasteiger partial charge in [-0.2, -0.15) is 0 Å². The van der Waals surface area contributed by atoms with E-state index >= 15 is 0 Å². The first-order valence-electron chi connectivity index (χ1n) is 5.81. The van der Waals surface area contributed by atoms with E-state index in [1.165, 1.54) is 11.5 Å². The van der Waals surface area contributed by atoms with Crippen LogP contribution in [0.3, 0.4) is 0 Å². The highest BCUT2D eigenvalue weighted by Crippen LogP contribution is 2.34. The number of aromatic amines is 1. The normalized spacial score (nSPS) is 17.4. The molecule has 0 atom stereocenters. The van der Waals surface area contributed by atoms with Crippen LogP contribution in [-0.4, -0.2) is 17.5 Å². The van der Waals surface area contributed by atoms with Crippen molar-refractivity contribution in [3.05, 3.63) is 34.5 Å². The largest absolute Gasteiger partial charge is 0.472 e. The smallest absolute Gasteiger partial charge is 0.262 e. The lowest BCUT2D eigenvalue weighted by Crippen LogP contribution is -2.28. The van der Waals surface area contributed by atoms with E-state index < -0.39 is 0 Å². The van der Waals surface area contributed by atoms with Gasteiger partial charge < -0.3 is 9.73 Å². The number of nitrogens with one attached hydrogen (secondary N) is 2. The van der Waals surface area contributed by atoms with Crippen molar-refractivity contribution >= 4 is 11.5 Å². The summed E-state index contributed by atoms with van der Waals surface area (Å²) in [5.74, 6) is 0.371. The maximum Gasteiger partial charge on any atom is 0.262 e. The Balaban J connectivity index is 2.03. The van der Waals surface area contributed by atoms with E-state index in [0.717, 1.165) is 41.9 Å². The van der Waals surface area contributed by atoms with Crippen molar-refractivity contribution in [3.8, 4) is 10.4 Å². The second-order valence-electron chi connectivity index (χ2n) is 4.31. The molecule has 2 N–H and O–H groups in total. The maximum atomic E-state index is 11.9. The molecule has 5 heteroatoms. The number of aromatic nitrogens is 1. The molecule has 0 spiro atoms. The topological polar surface area (TPSA) is 58.0 Å². The van der Waals surface area contributed by atoms with Crippen molar-refractivity contribution in [1.82, 2.24) is 9.69 Å². The second-order valence-corrected chi connectivity index (χ2v) is 5.13. The van der Waals surface area contributed by atoms with E-state index in [1.807, 2.05) is 6.07 Å². The van der Waals surface area contributed by atoms with Gasteiger partial charge >= 0.3 is 0 Å². The summed E-state index contributed by atoms with van der Waals surface area (Å²) in [5.41, 5.74) is 2.01. The van der Waals surface area contributed by atoms with E-state index in [9.17, 15) is 4.79 Å². The molecule has 17 heavy (non-hydrogen) atoms. The molecule has 4 nitrogen and oxygen atoms in total. The molecule has 0 aliphatic carbocycles. The van der Waals surface area contributed by atoms with Crippen LogP contribution in [0.15, 0.2) is 27.8 Å². The monoisotopic (exact) mass is 250 g/mol. The number of piperidine rings is 1. The fourth-order valence-corrected chi connectivity index (χ4v) is 3.31. The highest BCUT2D eigenvalue weighted by molar-refractivity contribution is 7.09. The Kier molecular flexibility index (Phi) is 2.86. The first-order valence-corrected chi connectivity index (χ1v) is 6.62. The molecule has 0 amide bonds. The zero-order valence-corrected chi connectivity index (χ0v) is 10.2. The first kappa shape index (κ1) is 10.8. The average molecular weight is 250 g/mol. The molecular formula is C12H14N2O2S. The molecule has 90 valence electrons. The van der Waals surface area contributed by atoms with E-state index in [0.29, 0.717) is 5.92 Å². The van der Waals surface area contributed by atoms with Crippen LogP contribution in [0.2, 0.25) is 0 Å². The van der Waals surface area contributed by atoms with Crippen molar-refractivity contribution in [1.29, 1.82) is 0 Å². The minimum absolute atomic E-state index is 0.0677. The van der Waals surface area contributed by atoms with Gasteiger partial charge in [-0.05, 0) is 37.9 Å². The van der Waals surface area contributed by atoms with Crippen LogP contribution in [0.4, 0.5) is 0 Å². The van der Waals surface area contributed by atoms with Gasteiger partial charge in [0.15, 0.2) is 0 Å². The standard InChI is InChI=1S/C12H14N2O2S/c15-12-10(8-1-4-13-5-2-8)11(17-14-12)9-3-6-16-7-9/h3,6-8,13H,1-2,4-5H2,(H,14,15). The van der Waals surface area contributed by atoms with Crippen molar-refractivity contribution in [3.63, 3.8) is 0 Å². The van der Waals surface area contributed by atoms with Crippen LogP contribution in [-0.2, 0) is 0 Å². The number of hydrogen-bond donors (Lipinski definition) is 2. The van der Waals surface area contributed by atoms with Gasteiger partial charge in [0.1, 0.15) is 0 Å². The SMILES string of the molecule is O=c1[nH]sc(-c2ccoc2)c1C1CCNCC1. The van der Waals surface area contributed by atoms with Crippen LogP contribution in [0.25, 0.3) is 10.4 Å². The van der Waals surface area contributed by atoms with Crippen LogP contribution in [0, 0.1) is 0 Å². The minimum atomic E-state index is 0.0677. The highest BCUT2D eigenvalue weighted by Gasteiger charge is 2.24. The quantitative estimate of drug-likeness (QED) is 0.858. The predicted octanol–water partition coefficient (Wildman–Crippen LogP) is 2.16. The van der Waals surface area contributed by atoms with E-state index in [-0.39, 0.29) is 5.56 Å². The molecule has 3 rings (SSSR count). The molecule has 1 aliphatic rings. The van der Waals surface area contributed by atoms with Crippen molar-refractivity contribution in [2.45, 2.75) is 18.8 Å². The summed E-state index contributed by atoms with van der Waals surface area (Å²) in [6.07, 6.45) is 5.41. The van der Waals surface area contributed by atoms with Gasteiger partial charge in [0.05, 0.1) is 17.4 Å². The summed E-state index contributed by atoms with van der Waals surface area (Å²) in [6.45, 7) is 1.98. The van der Waals surface area contributed by atoms with Crippen LogP contribution >= 0.6 is 11.5 Å². The summed E-state index contributed by atoms with van der Waals surface area (Å²) in [6, 6.07) is 1.91. The van der Waals surface area contributed by atoms with E-state index in [4.69, 9.17) is 4.42 Å². The molecule has 2 aromatic heterocycles. The summed E-state index contributed by atoms with van der Waals surface area (Å²) in [5, 5.41) is 3.32. The Morgan fingerprint density at radius 1 is 1.35 bits per heavy atom. The second kappa shape index (κ2) is 4.50. The molecule has 0 radical (unpaired) electrons. The predicted molar refractivity (Wildman–Crippen MR) is 67.5 cm³/mol. The number of hydrogen-bond acceptors (Lipinski definition) is 4. The van der Waals surface area contributed by atoms with E-state index in [2.05, 4.69) is 9.69 Å². The van der Waals surface area contributed by atoms with Gasteiger partial charge in [-0.15, -0.1) is 0 Å². The Morgan fingerprint density at radius 3 is 2.88 bits per heavy atom. The molecule has 3 heterocycles. The third kappa shape index (κ3) is 1.96. The summed E-state index contributed by atoms with van der Waals surface area (Å²) in [4.78, 5) is 13.0. The third-order valence-electron chi connectivity index (χ3n) is 3.27. The first-order chi connectivity index (χ1) is 8.36. The third-order valence-corrected chi connectivity index (χ3v) is 4.21. The van der Waals surface area contributed by atoms with Gasteiger partial charge in [-0.1, -0.05) is 11.5 Å². The fraction of sp³-hybridized carbons (Fsp3) is 0.417. The lowest BCUT2D eigenvalue weighted by Gasteiger charge is -2.21. The molecule has 0 bridgehead atoms. The lowest BCUT2D eigenvalue weighted by atomic mass is 9.90. The summed E-state index contributed by atoms with van der Waals surface area (Å²) in [7, 11) is 0. The summed E-state index contributed by atoms with van der Waals surface area (Å²) < 4.78 is 7.95. The fourth-order valence-electron chi connectivity index (χ4n) is 2.40. The molecule has 2 aromatic rings. The van der Waals surface area contributed by atoms with Crippen LogP contribution < -0.4 is 10.9 Å².